The fourth-order valence-corrected chi connectivity index (χ4v) is 5.09. The third-order valence-electron chi connectivity index (χ3n) is 5.61. The van der Waals surface area contributed by atoms with Crippen LogP contribution in [0.2, 0.25) is 0 Å². The molecule has 0 aliphatic carbocycles. The SMILES string of the molecule is C[N+](C)(CCCN(CC(=O)O)S(=O)(=O)C(F)(F)C(F)(F)C(F)(F)C(F)(F)C(F)(F)C(F)(F)C(F)(F)F)CCCS(=O)(=O)O. The Kier molecular flexibility index (Phi) is 11.7. The fourth-order valence-electron chi connectivity index (χ4n) is 3.17. The summed E-state index contributed by atoms with van der Waals surface area (Å²) in [5, 5.41) is 0.991. The van der Waals surface area contributed by atoms with Gasteiger partial charge in [0, 0.05) is 19.4 Å². The zero-order valence-electron chi connectivity index (χ0n) is 21.3. The van der Waals surface area contributed by atoms with E-state index in [1.54, 1.807) is 0 Å². The minimum atomic E-state index is -8.73. The molecule has 0 aliphatic rings. The van der Waals surface area contributed by atoms with E-state index in [1.165, 1.54) is 14.1 Å². The largest absolute Gasteiger partial charge is 0.480 e. The number of aliphatic carboxylic acids is 1. The summed E-state index contributed by atoms with van der Waals surface area (Å²) in [5.41, 5.74) is 0. The third kappa shape index (κ3) is 7.89. The molecule has 0 atom stereocenters. The van der Waals surface area contributed by atoms with Crippen molar-refractivity contribution in [1.29, 1.82) is 0 Å². The van der Waals surface area contributed by atoms with E-state index in [0.717, 1.165) is 0 Å². The molecule has 0 rings (SSSR count). The van der Waals surface area contributed by atoms with Gasteiger partial charge >= 0.3 is 47.0 Å². The van der Waals surface area contributed by atoms with Crippen molar-refractivity contribution in [2.24, 2.45) is 0 Å². The summed E-state index contributed by atoms with van der Waals surface area (Å²) < 4.78 is 255. The second kappa shape index (κ2) is 12.2. The van der Waals surface area contributed by atoms with Crippen LogP contribution in [0.4, 0.5) is 65.9 Å². The maximum atomic E-state index is 14.4. The van der Waals surface area contributed by atoms with Gasteiger partial charge in [0.1, 0.15) is 6.54 Å². The van der Waals surface area contributed by atoms with Crippen LogP contribution in [0.25, 0.3) is 0 Å². The summed E-state index contributed by atoms with van der Waals surface area (Å²) in [4.78, 5) is 10.9. The monoisotopic (exact) mass is 715 g/mol. The number of sulfonamides is 1. The van der Waals surface area contributed by atoms with Gasteiger partial charge in [-0.1, -0.05) is 0 Å². The molecule has 0 amide bonds. The van der Waals surface area contributed by atoms with E-state index in [2.05, 4.69) is 0 Å². The van der Waals surface area contributed by atoms with Gasteiger partial charge in [-0.2, -0.15) is 78.6 Å². The van der Waals surface area contributed by atoms with Gasteiger partial charge in [-0.3, -0.25) is 9.35 Å². The van der Waals surface area contributed by atoms with Crippen LogP contribution in [0.3, 0.4) is 0 Å². The van der Waals surface area contributed by atoms with Gasteiger partial charge in [-0.05, 0) is 0 Å². The van der Waals surface area contributed by atoms with Gasteiger partial charge in [-0.25, -0.2) is 8.42 Å². The smallest absolute Gasteiger partial charge is 0.460 e. The predicted octanol–water partition coefficient (Wildman–Crippen LogP) is 3.78. The minimum Gasteiger partial charge on any atom is -0.480 e. The highest BCUT2D eigenvalue weighted by Crippen LogP contribution is 2.63. The second-order valence-electron chi connectivity index (χ2n) is 9.49. The van der Waals surface area contributed by atoms with Crippen molar-refractivity contribution in [3.63, 3.8) is 0 Å². The van der Waals surface area contributed by atoms with Crippen LogP contribution in [-0.4, -0.2) is 128 Å². The number of hydrogen-bond donors (Lipinski definition) is 2. The second-order valence-corrected chi connectivity index (χ2v) is 13.0. The first-order valence-electron chi connectivity index (χ1n) is 10.8. The first kappa shape index (κ1) is 41.2. The normalized spacial score (nSPS) is 15.7. The molecule has 0 aromatic carbocycles. The first-order chi connectivity index (χ1) is 18.5. The summed E-state index contributed by atoms with van der Waals surface area (Å²) in [7, 11) is -9.67. The van der Waals surface area contributed by atoms with E-state index >= 15 is 0 Å². The van der Waals surface area contributed by atoms with Gasteiger partial charge in [0.2, 0.25) is 0 Å². The quantitative estimate of drug-likeness (QED) is 0.133. The van der Waals surface area contributed by atoms with E-state index < -0.39 is 108 Å². The molecule has 0 spiro atoms. The van der Waals surface area contributed by atoms with Gasteiger partial charge in [0.25, 0.3) is 20.1 Å². The Bertz CT molecular complexity index is 1220. The van der Waals surface area contributed by atoms with E-state index in [9.17, 15) is 87.5 Å². The van der Waals surface area contributed by atoms with Gasteiger partial charge in [-0.15, -0.1) is 0 Å². The standard InChI is InChI=1S/C17H21F15N2O7S2/c1-34(2,7-4-8-42(37,38)39)6-3-5-33(9-10(35)36)43(40,41)17(31,32)15(26,27)13(22,23)11(18,19)12(20,21)14(24,25)16(28,29)30/h3-9H2,1-2H3,(H-,35,36,37,38,39)/p+1. The Morgan fingerprint density at radius 2 is 1.05 bits per heavy atom. The van der Waals surface area contributed by atoms with Crippen LogP contribution >= 0.6 is 0 Å². The summed E-state index contributed by atoms with van der Waals surface area (Å²) >= 11 is 0. The summed E-state index contributed by atoms with van der Waals surface area (Å²) in [6.45, 7) is -4.61. The fraction of sp³-hybridized carbons (Fsp3) is 0.941. The molecule has 0 aromatic rings. The molecule has 258 valence electrons. The highest BCUT2D eigenvalue weighted by Gasteiger charge is 2.94. The summed E-state index contributed by atoms with van der Waals surface area (Å²) in [6.07, 6.45) is -9.01. The highest BCUT2D eigenvalue weighted by atomic mass is 32.2. The zero-order chi connectivity index (χ0) is 35.1. The molecule has 43 heavy (non-hydrogen) atoms. The van der Waals surface area contributed by atoms with Crippen molar-refractivity contribution in [1.82, 2.24) is 4.31 Å². The van der Waals surface area contributed by atoms with Crippen molar-refractivity contribution < 1.29 is 102 Å². The summed E-state index contributed by atoms with van der Waals surface area (Å²) in [6, 6.07) is 0. The average Bonchev–Trinajstić information content (AvgIpc) is 2.75. The van der Waals surface area contributed by atoms with Gasteiger partial charge < -0.3 is 9.59 Å². The Morgan fingerprint density at radius 1 is 0.674 bits per heavy atom. The Labute approximate surface area is 232 Å². The van der Waals surface area contributed by atoms with E-state index in [1.807, 2.05) is 0 Å². The Morgan fingerprint density at radius 3 is 1.42 bits per heavy atom. The number of nitrogens with zero attached hydrogens (tertiary/aromatic N) is 2. The molecule has 0 radical (unpaired) electrons. The van der Waals surface area contributed by atoms with Crippen LogP contribution < -0.4 is 0 Å². The maximum absolute atomic E-state index is 14.4. The molecule has 0 unspecified atom stereocenters. The van der Waals surface area contributed by atoms with Crippen molar-refractivity contribution in [3.8, 4) is 0 Å². The zero-order valence-corrected chi connectivity index (χ0v) is 22.9. The Balaban J connectivity index is 6.53. The van der Waals surface area contributed by atoms with E-state index in [0.29, 0.717) is 0 Å². The number of halogens is 15. The summed E-state index contributed by atoms with van der Waals surface area (Å²) in [5.74, 6) is -46.0. The number of alkyl halides is 15. The number of carboxylic acids is 1. The van der Waals surface area contributed by atoms with Crippen LogP contribution in [0.1, 0.15) is 12.8 Å². The number of hydrogen-bond acceptors (Lipinski definition) is 5. The lowest BCUT2D eigenvalue weighted by atomic mass is 9.94. The molecular formula is C17H22F15N2O7S2+. The van der Waals surface area contributed by atoms with Crippen LogP contribution in [0, 0.1) is 0 Å². The number of quaternary nitrogens is 1. The van der Waals surface area contributed by atoms with Crippen molar-refractivity contribution in [2.75, 3.05) is 46.0 Å². The molecule has 0 saturated heterocycles. The van der Waals surface area contributed by atoms with Crippen LogP contribution in [0.15, 0.2) is 0 Å². The molecule has 0 saturated carbocycles. The number of carbonyl (C=O) groups is 1. The van der Waals surface area contributed by atoms with E-state index in [-0.39, 0.29) is 13.0 Å². The lowest BCUT2D eigenvalue weighted by Crippen LogP contribution is -2.74. The molecule has 0 bridgehead atoms. The maximum Gasteiger partial charge on any atom is 0.460 e. The van der Waals surface area contributed by atoms with Crippen molar-refractivity contribution >= 4 is 26.1 Å². The highest BCUT2D eigenvalue weighted by molar-refractivity contribution is 7.90. The number of carboxylic acid groups (broad SMARTS) is 1. The topological polar surface area (TPSA) is 129 Å². The van der Waals surface area contributed by atoms with Gasteiger partial charge in [0.15, 0.2) is 0 Å². The minimum absolute atomic E-state index is 0.197. The average molecular weight is 715 g/mol. The lowest BCUT2D eigenvalue weighted by Gasteiger charge is -2.41. The molecule has 0 aromatic heterocycles. The van der Waals surface area contributed by atoms with E-state index in [4.69, 9.17) is 9.66 Å². The molecule has 9 nitrogen and oxygen atoms in total. The van der Waals surface area contributed by atoms with Gasteiger partial charge in [0.05, 0.1) is 32.9 Å². The number of rotatable bonds is 17. The molecule has 0 heterocycles. The lowest BCUT2D eigenvalue weighted by molar-refractivity contribution is -0.890. The van der Waals surface area contributed by atoms with Crippen molar-refractivity contribution in [2.45, 2.75) is 53.9 Å². The molecular weight excluding hydrogens is 693 g/mol. The third-order valence-corrected chi connectivity index (χ3v) is 8.31. The molecule has 0 aliphatic heterocycles. The van der Waals surface area contributed by atoms with Crippen molar-refractivity contribution in [3.05, 3.63) is 0 Å². The predicted molar refractivity (Wildman–Crippen MR) is 111 cm³/mol. The van der Waals surface area contributed by atoms with Crippen LogP contribution in [0.5, 0.6) is 0 Å². The van der Waals surface area contributed by atoms with Crippen LogP contribution in [-0.2, 0) is 24.9 Å². The molecule has 2 N–H and O–H groups in total. The molecule has 0 fully saturated rings. The Hall–Kier alpha value is -1.80. The first-order valence-corrected chi connectivity index (χ1v) is 13.8. The molecule has 26 heteroatoms.